The Morgan fingerprint density at radius 2 is 2.00 bits per heavy atom. The quantitative estimate of drug-likeness (QED) is 0.743. The molecule has 3 aromatic rings. The van der Waals surface area contributed by atoms with Crippen LogP contribution in [-0.4, -0.2) is 42.3 Å². The topological polar surface area (TPSA) is 111 Å². The van der Waals surface area contributed by atoms with Crippen LogP contribution in [0.1, 0.15) is 31.3 Å². The van der Waals surface area contributed by atoms with E-state index in [9.17, 15) is 14.7 Å². The lowest BCUT2D eigenvalue weighted by molar-refractivity contribution is 0.0633. The van der Waals surface area contributed by atoms with E-state index in [1.165, 1.54) is 16.8 Å². The molecule has 2 aromatic heterocycles. The largest absolute Gasteiger partial charge is 0.477 e. The fourth-order valence-electron chi connectivity index (χ4n) is 2.46. The zero-order valence-electron chi connectivity index (χ0n) is 14.6. The Hall–Kier alpha value is -3.36. The van der Waals surface area contributed by atoms with Crippen molar-refractivity contribution in [3.63, 3.8) is 0 Å². The lowest BCUT2D eigenvalue weighted by atomic mass is 10.2. The Morgan fingerprint density at radius 3 is 2.69 bits per heavy atom. The molecule has 26 heavy (non-hydrogen) atoms. The fourth-order valence-corrected chi connectivity index (χ4v) is 2.46. The summed E-state index contributed by atoms with van der Waals surface area (Å²) in [6.07, 6.45) is 0.863. The molecule has 2 heterocycles. The van der Waals surface area contributed by atoms with Crippen molar-refractivity contribution < 1.29 is 19.4 Å². The maximum absolute atomic E-state index is 11.9. The third kappa shape index (κ3) is 3.82. The van der Waals surface area contributed by atoms with E-state index in [-0.39, 0.29) is 12.4 Å². The van der Waals surface area contributed by atoms with E-state index >= 15 is 0 Å². The van der Waals surface area contributed by atoms with Gasteiger partial charge in [-0.2, -0.15) is 0 Å². The summed E-state index contributed by atoms with van der Waals surface area (Å²) < 4.78 is 8.23. The standard InChI is InChI=1S/C17H19N5O4/c1-17(2,3)26-16(25)18-11-8-14(15(23)24)21(9-11)10-22-13-7-5-4-6-12(13)19-20-22/h4-9H,10H2,1-3H3,(H,18,25)(H,23,24). The number of para-hydroxylation sites is 1. The molecular formula is C17H19N5O4. The van der Waals surface area contributed by atoms with Crippen LogP contribution in [0.5, 0.6) is 0 Å². The summed E-state index contributed by atoms with van der Waals surface area (Å²) >= 11 is 0. The maximum Gasteiger partial charge on any atom is 0.412 e. The molecule has 0 spiro atoms. The van der Waals surface area contributed by atoms with Gasteiger partial charge < -0.3 is 14.4 Å². The molecular weight excluding hydrogens is 338 g/mol. The van der Waals surface area contributed by atoms with Crippen LogP contribution in [0.4, 0.5) is 10.5 Å². The Labute approximate surface area is 149 Å². The Balaban J connectivity index is 1.86. The predicted octanol–water partition coefficient (Wildman–Crippen LogP) is 2.78. The van der Waals surface area contributed by atoms with Crippen molar-refractivity contribution in [1.82, 2.24) is 19.6 Å². The van der Waals surface area contributed by atoms with Crippen molar-refractivity contribution in [2.24, 2.45) is 0 Å². The monoisotopic (exact) mass is 357 g/mol. The number of hydrogen-bond acceptors (Lipinski definition) is 5. The highest BCUT2D eigenvalue weighted by Gasteiger charge is 2.19. The number of nitrogens with zero attached hydrogens (tertiary/aromatic N) is 4. The van der Waals surface area contributed by atoms with Crippen LogP contribution in [-0.2, 0) is 11.4 Å². The second kappa shape index (κ2) is 6.51. The molecule has 0 unspecified atom stereocenters. The third-order valence-electron chi connectivity index (χ3n) is 3.47. The number of amides is 1. The van der Waals surface area contributed by atoms with E-state index in [4.69, 9.17) is 4.74 Å². The number of carboxylic acid groups (broad SMARTS) is 1. The van der Waals surface area contributed by atoms with Gasteiger partial charge in [-0.05, 0) is 39.0 Å². The first-order valence-corrected chi connectivity index (χ1v) is 7.94. The molecule has 2 N–H and O–H groups in total. The van der Waals surface area contributed by atoms with Crippen LogP contribution >= 0.6 is 0 Å². The minimum atomic E-state index is -1.12. The number of benzene rings is 1. The number of fused-ring (bicyclic) bond motifs is 1. The zero-order valence-corrected chi connectivity index (χ0v) is 14.6. The van der Waals surface area contributed by atoms with E-state index in [1.54, 1.807) is 25.5 Å². The van der Waals surface area contributed by atoms with Gasteiger partial charge >= 0.3 is 12.1 Å². The number of ether oxygens (including phenoxy) is 1. The summed E-state index contributed by atoms with van der Waals surface area (Å²) in [5, 5.41) is 20.1. The molecule has 0 aliphatic heterocycles. The molecule has 3 rings (SSSR count). The fraction of sp³-hybridized carbons (Fsp3) is 0.294. The third-order valence-corrected chi connectivity index (χ3v) is 3.47. The molecule has 0 fully saturated rings. The summed E-state index contributed by atoms with van der Waals surface area (Å²) in [6, 6.07) is 8.74. The average molecular weight is 357 g/mol. The first kappa shape index (κ1) is 17.5. The molecule has 0 bridgehead atoms. The summed E-state index contributed by atoms with van der Waals surface area (Å²) in [5.74, 6) is -1.12. The van der Waals surface area contributed by atoms with Crippen LogP contribution in [0.3, 0.4) is 0 Å². The van der Waals surface area contributed by atoms with Gasteiger partial charge in [0, 0.05) is 6.20 Å². The summed E-state index contributed by atoms with van der Waals surface area (Å²) in [6.45, 7) is 5.38. The normalized spacial score (nSPS) is 11.5. The number of carbonyl (C=O) groups is 2. The number of aromatic carboxylic acids is 1. The van der Waals surface area contributed by atoms with Crippen LogP contribution in [0, 0.1) is 0 Å². The van der Waals surface area contributed by atoms with E-state index in [1.807, 2.05) is 24.3 Å². The number of carbonyl (C=O) groups excluding carboxylic acids is 1. The number of aromatic nitrogens is 4. The number of anilines is 1. The molecule has 0 aliphatic carbocycles. The average Bonchev–Trinajstić information content (AvgIpc) is 3.10. The molecule has 0 radical (unpaired) electrons. The number of hydrogen-bond donors (Lipinski definition) is 2. The first-order valence-electron chi connectivity index (χ1n) is 7.94. The van der Waals surface area contributed by atoms with Gasteiger partial charge in [-0.1, -0.05) is 17.3 Å². The summed E-state index contributed by atoms with van der Waals surface area (Å²) in [4.78, 5) is 23.4. The Kier molecular flexibility index (Phi) is 4.37. The number of nitrogens with one attached hydrogen (secondary N) is 1. The van der Waals surface area contributed by atoms with Crippen molar-refractivity contribution in [1.29, 1.82) is 0 Å². The lowest BCUT2D eigenvalue weighted by Crippen LogP contribution is -2.27. The van der Waals surface area contributed by atoms with Crippen LogP contribution in [0.25, 0.3) is 11.0 Å². The van der Waals surface area contributed by atoms with E-state index in [0.29, 0.717) is 11.2 Å². The van der Waals surface area contributed by atoms with Crippen molar-refractivity contribution in [3.8, 4) is 0 Å². The van der Waals surface area contributed by atoms with E-state index < -0.39 is 17.7 Å². The summed E-state index contributed by atoms with van der Waals surface area (Å²) in [5.41, 5.74) is 1.17. The first-order chi connectivity index (χ1) is 12.2. The molecule has 0 aliphatic rings. The molecule has 1 aromatic carbocycles. The minimum absolute atomic E-state index is 0.00985. The number of rotatable bonds is 4. The Morgan fingerprint density at radius 1 is 1.27 bits per heavy atom. The summed E-state index contributed by atoms with van der Waals surface area (Å²) in [7, 11) is 0. The maximum atomic E-state index is 11.9. The van der Waals surface area contributed by atoms with E-state index in [0.717, 1.165) is 5.52 Å². The van der Waals surface area contributed by atoms with Crippen molar-refractivity contribution in [2.45, 2.75) is 33.0 Å². The van der Waals surface area contributed by atoms with Gasteiger partial charge in [0.15, 0.2) is 0 Å². The van der Waals surface area contributed by atoms with E-state index in [2.05, 4.69) is 15.6 Å². The van der Waals surface area contributed by atoms with Gasteiger partial charge in [-0.15, -0.1) is 5.10 Å². The second-order valence-electron chi connectivity index (χ2n) is 6.73. The highest BCUT2D eigenvalue weighted by molar-refractivity contribution is 5.91. The van der Waals surface area contributed by atoms with Crippen LogP contribution < -0.4 is 5.32 Å². The Bertz CT molecular complexity index is 967. The molecule has 0 saturated heterocycles. The SMILES string of the molecule is CC(C)(C)OC(=O)Nc1cc(C(=O)O)n(Cn2nnc3ccccc32)c1. The van der Waals surface area contributed by atoms with Crippen LogP contribution in [0.15, 0.2) is 36.5 Å². The zero-order chi connectivity index (χ0) is 18.9. The van der Waals surface area contributed by atoms with Crippen LogP contribution in [0.2, 0.25) is 0 Å². The van der Waals surface area contributed by atoms with Gasteiger partial charge in [-0.3, -0.25) is 5.32 Å². The second-order valence-corrected chi connectivity index (χ2v) is 6.73. The highest BCUT2D eigenvalue weighted by atomic mass is 16.6. The van der Waals surface area contributed by atoms with Gasteiger partial charge in [0.2, 0.25) is 0 Å². The molecule has 0 saturated carbocycles. The molecule has 9 nitrogen and oxygen atoms in total. The molecule has 9 heteroatoms. The van der Waals surface area contributed by atoms with Crippen molar-refractivity contribution in [3.05, 3.63) is 42.2 Å². The lowest BCUT2D eigenvalue weighted by Gasteiger charge is -2.19. The minimum Gasteiger partial charge on any atom is -0.477 e. The van der Waals surface area contributed by atoms with Gasteiger partial charge in [-0.25, -0.2) is 14.3 Å². The van der Waals surface area contributed by atoms with Gasteiger partial charge in [0.25, 0.3) is 0 Å². The van der Waals surface area contributed by atoms with Gasteiger partial charge in [0.1, 0.15) is 23.5 Å². The van der Waals surface area contributed by atoms with Gasteiger partial charge in [0.05, 0.1) is 11.2 Å². The van der Waals surface area contributed by atoms with Crippen molar-refractivity contribution in [2.75, 3.05) is 5.32 Å². The smallest absolute Gasteiger partial charge is 0.412 e. The molecule has 136 valence electrons. The molecule has 0 atom stereocenters. The number of carboxylic acids is 1. The predicted molar refractivity (Wildman–Crippen MR) is 94.2 cm³/mol. The highest BCUT2D eigenvalue weighted by Crippen LogP contribution is 2.18. The van der Waals surface area contributed by atoms with Crippen molar-refractivity contribution >= 4 is 28.8 Å². The molecule has 1 amide bonds.